The smallest absolute Gasteiger partial charge is 0.128 e. The third-order valence-corrected chi connectivity index (χ3v) is 3.17. The van der Waals surface area contributed by atoms with Gasteiger partial charge in [-0.25, -0.2) is 4.39 Å². The van der Waals surface area contributed by atoms with Gasteiger partial charge < -0.3 is 10.2 Å². The SMILES string of the molecule is CN(C)CC(C)(C)CNCc1ccc(Br)cc1F. The molecule has 0 atom stereocenters. The lowest BCUT2D eigenvalue weighted by molar-refractivity contribution is 0.232. The van der Waals surface area contributed by atoms with E-state index in [1.807, 2.05) is 12.1 Å². The normalized spacial score (nSPS) is 12.2. The van der Waals surface area contributed by atoms with E-state index in [1.165, 1.54) is 6.07 Å². The molecule has 1 aromatic carbocycles. The topological polar surface area (TPSA) is 15.3 Å². The second-order valence-corrected chi connectivity index (χ2v) is 6.66. The molecule has 1 rings (SSSR count). The van der Waals surface area contributed by atoms with Crippen LogP contribution in [0.25, 0.3) is 0 Å². The summed E-state index contributed by atoms with van der Waals surface area (Å²) in [5, 5.41) is 3.33. The van der Waals surface area contributed by atoms with E-state index < -0.39 is 0 Å². The number of nitrogens with zero attached hydrogens (tertiary/aromatic N) is 1. The molecule has 0 fully saturated rings. The van der Waals surface area contributed by atoms with Crippen LogP contribution in [0.2, 0.25) is 0 Å². The van der Waals surface area contributed by atoms with E-state index in [0.29, 0.717) is 12.1 Å². The summed E-state index contributed by atoms with van der Waals surface area (Å²) in [6.45, 7) is 6.84. The van der Waals surface area contributed by atoms with Gasteiger partial charge in [0.2, 0.25) is 0 Å². The van der Waals surface area contributed by atoms with Crippen LogP contribution in [-0.2, 0) is 6.54 Å². The Balaban J connectivity index is 2.46. The number of hydrogen-bond acceptors (Lipinski definition) is 2. The van der Waals surface area contributed by atoms with E-state index in [1.54, 1.807) is 0 Å². The Labute approximate surface area is 118 Å². The molecule has 0 aliphatic rings. The molecule has 0 aliphatic heterocycles. The van der Waals surface area contributed by atoms with Crippen LogP contribution < -0.4 is 5.32 Å². The maximum atomic E-state index is 13.6. The van der Waals surface area contributed by atoms with E-state index in [-0.39, 0.29) is 11.2 Å². The highest BCUT2D eigenvalue weighted by atomic mass is 79.9. The van der Waals surface area contributed by atoms with Gasteiger partial charge in [0.1, 0.15) is 5.82 Å². The third kappa shape index (κ3) is 5.46. The van der Waals surface area contributed by atoms with Crippen molar-refractivity contribution in [3.05, 3.63) is 34.1 Å². The van der Waals surface area contributed by atoms with Gasteiger partial charge >= 0.3 is 0 Å². The van der Waals surface area contributed by atoms with Gasteiger partial charge in [-0.15, -0.1) is 0 Å². The monoisotopic (exact) mass is 316 g/mol. The average Bonchev–Trinajstić information content (AvgIpc) is 2.19. The lowest BCUT2D eigenvalue weighted by atomic mass is 9.93. The Morgan fingerprint density at radius 1 is 1.33 bits per heavy atom. The van der Waals surface area contributed by atoms with Crippen LogP contribution in [0, 0.1) is 11.2 Å². The quantitative estimate of drug-likeness (QED) is 0.866. The fourth-order valence-electron chi connectivity index (χ4n) is 2.11. The predicted molar refractivity (Wildman–Crippen MR) is 78.1 cm³/mol. The van der Waals surface area contributed by atoms with Gasteiger partial charge in [0, 0.05) is 29.7 Å². The standard InChI is InChI=1S/C14H22BrFN2/c1-14(2,10-18(3)4)9-17-8-11-5-6-12(15)7-13(11)16/h5-7,17H,8-10H2,1-4H3. The first kappa shape index (κ1) is 15.6. The first-order valence-corrected chi connectivity index (χ1v) is 6.89. The van der Waals surface area contributed by atoms with Crippen molar-refractivity contribution in [1.82, 2.24) is 10.2 Å². The molecule has 0 unspecified atom stereocenters. The molecule has 1 aromatic rings. The van der Waals surface area contributed by atoms with Crippen molar-refractivity contribution in [1.29, 1.82) is 0 Å². The zero-order valence-electron chi connectivity index (χ0n) is 11.6. The summed E-state index contributed by atoms with van der Waals surface area (Å²) in [6.07, 6.45) is 0. The maximum absolute atomic E-state index is 13.6. The van der Waals surface area contributed by atoms with Crippen molar-refractivity contribution in [2.75, 3.05) is 27.2 Å². The molecular formula is C14H22BrFN2. The maximum Gasteiger partial charge on any atom is 0.128 e. The summed E-state index contributed by atoms with van der Waals surface area (Å²) in [4.78, 5) is 2.17. The molecule has 0 aromatic heterocycles. The molecule has 0 heterocycles. The highest BCUT2D eigenvalue weighted by Gasteiger charge is 2.18. The molecule has 18 heavy (non-hydrogen) atoms. The van der Waals surface area contributed by atoms with Crippen LogP contribution in [0.5, 0.6) is 0 Å². The molecule has 0 aliphatic carbocycles. The minimum Gasteiger partial charge on any atom is -0.312 e. The zero-order valence-corrected chi connectivity index (χ0v) is 13.1. The molecule has 0 saturated carbocycles. The Hall–Kier alpha value is -0.450. The van der Waals surface area contributed by atoms with Crippen molar-refractivity contribution in [2.24, 2.45) is 5.41 Å². The number of halogens is 2. The van der Waals surface area contributed by atoms with Crippen LogP contribution in [0.15, 0.2) is 22.7 Å². The van der Waals surface area contributed by atoms with Gasteiger partial charge in [-0.2, -0.15) is 0 Å². The summed E-state index contributed by atoms with van der Waals surface area (Å²) < 4.78 is 14.4. The molecule has 0 saturated heterocycles. The fraction of sp³-hybridized carbons (Fsp3) is 0.571. The highest BCUT2D eigenvalue weighted by molar-refractivity contribution is 9.10. The van der Waals surface area contributed by atoms with Gasteiger partial charge in [0.05, 0.1) is 0 Å². The van der Waals surface area contributed by atoms with Crippen LogP contribution in [0.4, 0.5) is 4.39 Å². The number of rotatable bonds is 6. The van der Waals surface area contributed by atoms with Crippen molar-refractivity contribution in [2.45, 2.75) is 20.4 Å². The van der Waals surface area contributed by atoms with E-state index in [9.17, 15) is 4.39 Å². The molecule has 0 spiro atoms. The molecule has 0 radical (unpaired) electrons. The van der Waals surface area contributed by atoms with Crippen LogP contribution >= 0.6 is 15.9 Å². The summed E-state index contributed by atoms with van der Waals surface area (Å²) in [6, 6.07) is 5.18. The second kappa shape index (κ2) is 6.64. The lowest BCUT2D eigenvalue weighted by Crippen LogP contribution is -2.37. The van der Waals surface area contributed by atoms with E-state index in [4.69, 9.17) is 0 Å². The Morgan fingerprint density at radius 3 is 2.56 bits per heavy atom. The largest absolute Gasteiger partial charge is 0.312 e. The van der Waals surface area contributed by atoms with Gasteiger partial charge in [-0.05, 0) is 31.6 Å². The Kier molecular flexibility index (Phi) is 5.76. The van der Waals surface area contributed by atoms with Gasteiger partial charge in [-0.1, -0.05) is 35.8 Å². The van der Waals surface area contributed by atoms with Crippen molar-refractivity contribution < 1.29 is 4.39 Å². The van der Waals surface area contributed by atoms with Crippen LogP contribution in [0.1, 0.15) is 19.4 Å². The molecule has 1 N–H and O–H groups in total. The molecule has 0 amide bonds. The summed E-state index contributed by atoms with van der Waals surface area (Å²) in [7, 11) is 4.13. The minimum atomic E-state index is -0.165. The number of nitrogens with one attached hydrogen (secondary N) is 1. The first-order valence-electron chi connectivity index (χ1n) is 6.09. The van der Waals surface area contributed by atoms with E-state index >= 15 is 0 Å². The second-order valence-electron chi connectivity index (χ2n) is 5.74. The molecule has 4 heteroatoms. The van der Waals surface area contributed by atoms with Gasteiger partial charge in [0.15, 0.2) is 0 Å². The Bertz CT molecular complexity index is 391. The summed E-state index contributed by atoms with van der Waals surface area (Å²) >= 11 is 3.26. The highest BCUT2D eigenvalue weighted by Crippen LogP contribution is 2.17. The van der Waals surface area contributed by atoms with Crippen LogP contribution in [-0.4, -0.2) is 32.1 Å². The first-order chi connectivity index (χ1) is 8.30. The molecule has 0 bridgehead atoms. The number of benzene rings is 1. The minimum absolute atomic E-state index is 0.165. The average molecular weight is 317 g/mol. The van der Waals surface area contributed by atoms with E-state index in [2.05, 4.69) is 54.1 Å². The fourth-order valence-corrected chi connectivity index (χ4v) is 2.45. The third-order valence-electron chi connectivity index (χ3n) is 2.68. The Morgan fingerprint density at radius 2 is 2.00 bits per heavy atom. The van der Waals surface area contributed by atoms with Gasteiger partial charge in [0.25, 0.3) is 0 Å². The number of hydrogen-bond donors (Lipinski definition) is 1. The van der Waals surface area contributed by atoms with Gasteiger partial charge in [-0.3, -0.25) is 0 Å². The molecular weight excluding hydrogens is 295 g/mol. The zero-order chi connectivity index (χ0) is 13.8. The van der Waals surface area contributed by atoms with Crippen molar-refractivity contribution in [3.63, 3.8) is 0 Å². The summed E-state index contributed by atoms with van der Waals surface area (Å²) in [5.41, 5.74) is 0.883. The molecule has 2 nitrogen and oxygen atoms in total. The predicted octanol–water partition coefficient (Wildman–Crippen LogP) is 3.27. The van der Waals surface area contributed by atoms with Crippen molar-refractivity contribution >= 4 is 15.9 Å². The van der Waals surface area contributed by atoms with Crippen LogP contribution in [0.3, 0.4) is 0 Å². The van der Waals surface area contributed by atoms with E-state index in [0.717, 1.165) is 17.6 Å². The van der Waals surface area contributed by atoms with Crippen molar-refractivity contribution in [3.8, 4) is 0 Å². The molecule has 102 valence electrons. The lowest BCUT2D eigenvalue weighted by Gasteiger charge is -2.28. The summed E-state index contributed by atoms with van der Waals surface area (Å²) in [5.74, 6) is -0.165.